The minimum atomic E-state index is -0.126. The van der Waals surface area contributed by atoms with Crippen LogP contribution in [-0.4, -0.2) is 23.2 Å². The summed E-state index contributed by atoms with van der Waals surface area (Å²) in [6.45, 7) is 2.00. The average molecular weight is 348 g/mol. The monoisotopic (exact) mass is 348 g/mol. The van der Waals surface area contributed by atoms with Crippen LogP contribution in [0.5, 0.6) is 5.75 Å². The summed E-state index contributed by atoms with van der Waals surface area (Å²) >= 11 is 0. The van der Waals surface area contributed by atoms with E-state index in [1.807, 2.05) is 55.5 Å². The molecule has 0 unspecified atom stereocenters. The standard InChI is InChI=1S/C20H20N4O2/c1-14-5-3-6-15(11-14)12-20(25)22-19-10-9-18(23-24-19)21-16-7-4-8-17(13-16)26-2/h3-11,13H,12H2,1-2H3,(H,21,23)(H,22,24,25). The zero-order valence-electron chi connectivity index (χ0n) is 14.7. The lowest BCUT2D eigenvalue weighted by atomic mass is 10.1. The molecule has 0 saturated heterocycles. The van der Waals surface area contributed by atoms with Crippen LogP contribution in [0.1, 0.15) is 11.1 Å². The van der Waals surface area contributed by atoms with E-state index in [0.29, 0.717) is 18.1 Å². The van der Waals surface area contributed by atoms with E-state index in [-0.39, 0.29) is 5.91 Å². The summed E-state index contributed by atoms with van der Waals surface area (Å²) in [6, 6.07) is 18.8. The van der Waals surface area contributed by atoms with Crippen LogP contribution in [0.3, 0.4) is 0 Å². The van der Waals surface area contributed by atoms with Gasteiger partial charge in [0.2, 0.25) is 5.91 Å². The fourth-order valence-electron chi connectivity index (χ4n) is 2.51. The summed E-state index contributed by atoms with van der Waals surface area (Å²) in [6.07, 6.45) is 0.299. The highest BCUT2D eigenvalue weighted by atomic mass is 16.5. The smallest absolute Gasteiger partial charge is 0.229 e. The van der Waals surface area contributed by atoms with Crippen molar-refractivity contribution in [1.29, 1.82) is 0 Å². The summed E-state index contributed by atoms with van der Waals surface area (Å²) in [4.78, 5) is 12.1. The Bertz CT molecular complexity index is 894. The van der Waals surface area contributed by atoms with Gasteiger partial charge in [-0.05, 0) is 36.8 Å². The van der Waals surface area contributed by atoms with Crippen molar-refractivity contribution in [2.45, 2.75) is 13.3 Å². The highest BCUT2D eigenvalue weighted by molar-refractivity contribution is 5.91. The number of nitrogens with one attached hydrogen (secondary N) is 2. The van der Waals surface area contributed by atoms with Crippen LogP contribution in [0, 0.1) is 6.92 Å². The van der Waals surface area contributed by atoms with Crippen LogP contribution >= 0.6 is 0 Å². The first-order valence-electron chi connectivity index (χ1n) is 8.22. The van der Waals surface area contributed by atoms with Crippen molar-refractivity contribution in [2.24, 2.45) is 0 Å². The fourth-order valence-corrected chi connectivity index (χ4v) is 2.51. The van der Waals surface area contributed by atoms with E-state index in [2.05, 4.69) is 20.8 Å². The first-order chi connectivity index (χ1) is 12.6. The maximum atomic E-state index is 12.1. The quantitative estimate of drug-likeness (QED) is 0.710. The number of anilines is 3. The van der Waals surface area contributed by atoms with Gasteiger partial charge in [-0.25, -0.2) is 0 Å². The zero-order chi connectivity index (χ0) is 18.4. The Kier molecular flexibility index (Phi) is 5.43. The Morgan fingerprint density at radius 3 is 2.50 bits per heavy atom. The topological polar surface area (TPSA) is 76.1 Å². The second-order valence-electron chi connectivity index (χ2n) is 5.87. The van der Waals surface area contributed by atoms with Gasteiger partial charge in [0.25, 0.3) is 0 Å². The number of ether oxygens (including phenoxy) is 1. The predicted molar refractivity (Wildman–Crippen MR) is 102 cm³/mol. The van der Waals surface area contributed by atoms with E-state index in [1.165, 1.54) is 0 Å². The minimum absolute atomic E-state index is 0.126. The van der Waals surface area contributed by atoms with E-state index in [0.717, 1.165) is 22.6 Å². The average Bonchev–Trinajstić information content (AvgIpc) is 2.63. The van der Waals surface area contributed by atoms with Gasteiger partial charge in [0, 0.05) is 11.8 Å². The first kappa shape index (κ1) is 17.4. The van der Waals surface area contributed by atoms with Gasteiger partial charge >= 0.3 is 0 Å². The third kappa shape index (κ3) is 4.80. The van der Waals surface area contributed by atoms with Crippen LogP contribution in [0.4, 0.5) is 17.3 Å². The van der Waals surface area contributed by atoms with Crippen molar-refractivity contribution in [3.63, 3.8) is 0 Å². The van der Waals surface area contributed by atoms with Gasteiger partial charge in [-0.15, -0.1) is 10.2 Å². The maximum absolute atomic E-state index is 12.1. The Hall–Kier alpha value is -3.41. The van der Waals surface area contributed by atoms with Gasteiger partial charge in [0.1, 0.15) is 5.75 Å². The third-order valence-electron chi connectivity index (χ3n) is 3.72. The van der Waals surface area contributed by atoms with Crippen LogP contribution < -0.4 is 15.4 Å². The van der Waals surface area contributed by atoms with Gasteiger partial charge in [0.15, 0.2) is 11.6 Å². The Morgan fingerprint density at radius 1 is 1.00 bits per heavy atom. The van der Waals surface area contributed by atoms with Gasteiger partial charge in [-0.1, -0.05) is 35.9 Å². The lowest BCUT2D eigenvalue weighted by Crippen LogP contribution is -2.15. The number of carbonyl (C=O) groups is 1. The van der Waals surface area contributed by atoms with Gasteiger partial charge in [0.05, 0.1) is 13.5 Å². The first-order valence-corrected chi connectivity index (χ1v) is 8.22. The van der Waals surface area contributed by atoms with Crippen molar-refractivity contribution in [3.05, 3.63) is 71.8 Å². The molecule has 0 aliphatic carbocycles. The summed E-state index contributed by atoms with van der Waals surface area (Å²) in [5.74, 6) is 1.62. The van der Waals surface area contributed by atoms with Crippen LogP contribution in [0.15, 0.2) is 60.7 Å². The zero-order valence-corrected chi connectivity index (χ0v) is 14.7. The summed E-state index contributed by atoms with van der Waals surface area (Å²) in [5.41, 5.74) is 2.93. The SMILES string of the molecule is COc1cccc(Nc2ccc(NC(=O)Cc3cccc(C)c3)nn2)c1. The second kappa shape index (κ2) is 8.11. The fraction of sp³-hybridized carbons (Fsp3) is 0.150. The molecule has 0 atom stereocenters. The molecule has 0 bridgehead atoms. The molecule has 6 heteroatoms. The van der Waals surface area contributed by atoms with E-state index in [1.54, 1.807) is 19.2 Å². The molecule has 0 saturated carbocycles. The molecular formula is C20H20N4O2. The Balaban J connectivity index is 1.59. The summed E-state index contributed by atoms with van der Waals surface area (Å²) < 4.78 is 5.19. The van der Waals surface area contributed by atoms with E-state index >= 15 is 0 Å². The Morgan fingerprint density at radius 2 is 1.77 bits per heavy atom. The molecule has 0 aliphatic heterocycles. The van der Waals surface area contributed by atoms with E-state index < -0.39 is 0 Å². The van der Waals surface area contributed by atoms with Gasteiger partial charge in [-0.2, -0.15) is 0 Å². The number of rotatable bonds is 6. The van der Waals surface area contributed by atoms with Crippen molar-refractivity contribution in [1.82, 2.24) is 10.2 Å². The molecule has 132 valence electrons. The van der Waals surface area contributed by atoms with Crippen molar-refractivity contribution < 1.29 is 9.53 Å². The number of amides is 1. The number of hydrogen-bond donors (Lipinski definition) is 2. The molecule has 0 aliphatic rings. The van der Waals surface area contributed by atoms with Gasteiger partial charge < -0.3 is 15.4 Å². The van der Waals surface area contributed by atoms with E-state index in [4.69, 9.17) is 4.74 Å². The predicted octanol–water partition coefficient (Wildman–Crippen LogP) is 3.72. The number of nitrogens with zero attached hydrogens (tertiary/aromatic N) is 2. The molecule has 26 heavy (non-hydrogen) atoms. The van der Waals surface area contributed by atoms with Crippen LogP contribution in [0.2, 0.25) is 0 Å². The van der Waals surface area contributed by atoms with Crippen molar-refractivity contribution >= 4 is 23.2 Å². The molecule has 2 N–H and O–H groups in total. The number of methoxy groups -OCH3 is 1. The molecule has 2 aromatic carbocycles. The molecule has 1 aromatic heterocycles. The second-order valence-corrected chi connectivity index (χ2v) is 5.87. The molecule has 0 fully saturated rings. The molecule has 6 nitrogen and oxygen atoms in total. The third-order valence-corrected chi connectivity index (χ3v) is 3.72. The molecular weight excluding hydrogens is 328 g/mol. The van der Waals surface area contributed by atoms with Crippen LogP contribution in [0.25, 0.3) is 0 Å². The molecule has 1 heterocycles. The number of benzene rings is 2. The lowest BCUT2D eigenvalue weighted by molar-refractivity contribution is -0.115. The Labute approximate surface area is 152 Å². The summed E-state index contributed by atoms with van der Waals surface area (Å²) in [7, 11) is 1.62. The molecule has 0 spiro atoms. The highest BCUT2D eigenvalue weighted by Gasteiger charge is 2.06. The number of aromatic nitrogens is 2. The number of hydrogen-bond acceptors (Lipinski definition) is 5. The van der Waals surface area contributed by atoms with Crippen molar-refractivity contribution in [3.8, 4) is 5.75 Å². The number of aryl methyl sites for hydroxylation is 1. The molecule has 1 amide bonds. The highest BCUT2D eigenvalue weighted by Crippen LogP contribution is 2.20. The normalized spacial score (nSPS) is 10.2. The minimum Gasteiger partial charge on any atom is -0.497 e. The largest absolute Gasteiger partial charge is 0.497 e. The molecule has 3 aromatic rings. The van der Waals surface area contributed by atoms with Crippen molar-refractivity contribution in [2.75, 3.05) is 17.7 Å². The maximum Gasteiger partial charge on any atom is 0.229 e. The summed E-state index contributed by atoms with van der Waals surface area (Å²) in [5, 5.41) is 14.0. The van der Waals surface area contributed by atoms with Crippen LogP contribution in [-0.2, 0) is 11.2 Å². The lowest BCUT2D eigenvalue weighted by Gasteiger charge is -2.08. The molecule has 0 radical (unpaired) electrons. The number of carbonyl (C=O) groups excluding carboxylic acids is 1. The van der Waals surface area contributed by atoms with Gasteiger partial charge in [-0.3, -0.25) is 4.79 Å². The molecule has 3 rings (SSSR count). The van der Waals surface area contributed by atoms with E-state index in [9.17, 15) is 4.79 Å².